The lowest BCUT2D eigenvalue weighted by molar-refractivity contribution is 0.184. The summed E-state index contributed by atoms with van der Waals surface area (Å²) in [5.41, 5.74) is 0.462. The van der Waals surface area contributed by atoms with Crippen molar-refractivity contribution in [1.82, 2.24) is 15.1 Å². The molecular weight excluding hydrogens is 246 g/mol. The fourth-order valence-corrected chi connectivity index (χ4v) is 3.70. The quantitative estimate of drug-likeness (QED) is 0.702. The fraction of sp³-hybridized carbons (Fsp3) is 1.00. The number of nitrogens with one attached hydrogen (secondary N) is 1. The summed E-state index contributed by atoms with van der Waals surface area (Å²) in [7, 11) is 4.33. The zero-order valence-electron chi connectivity index (χ0n) is 14.7. The highest BCUT2D eigenvalue weighted by Crippen LogP contribution is 2.41. The molecule has 1 aliphatic carbocycles. The van der Waals surface area contributed by atoms with E-state index in [-0.39, 0.29) is 0 Å². The molecular formula is C17H37N3. The van der Waals surface area contributed by atoms with E-state index in [1.54, 1.807) is 0 Å². The first-order chi connectivity index (χ1) is 9.40. The molecule has 0 radical (unpaired) electrons. The van der Waals surface area contributed by atoms with Crippen LogP contribution in [0.3, 0.4) is 0 Å². The van der Waals surface area contributed by atoms with Crippen molar-refractivity contribution in [2.45, 2.75) is 53.0 Å². The smallest absolute Gasteiger partial charge is 0.0159 e. The summed E-state index contributed by atoms with van der Waals surface area (Å²) in [6, 6.07) is 0.690. The minimum Gasteiger partial charge on any atom is -0.313 e. The number of hydrogen-bond acceptors (Lipinski definition) is 3. The van der Waals surface area contributed by atoms with Crippen molar-refractivity contribution in [3.05, 3.63) is 0 Å². The Morgan fingerprint density at radius 3 is 2.40 bits per heavy atom. The Balaban J connectivity index is 2.47. The highest BCUT2D eigenvalue weighted by molar-refractivity contribution is 4.96. The van der Waals surface area contributed by atoms with Crippen molar-refractivity contribution in [3.8, 4) is 0 Å². The molecule has 0 amide bonds. The van der Waals surface area contributed by atoms with Gasteiger partial charge in [-0.25, -0.2) is 0 Å². The van der Waals surface area contributed by atoms with Gasteiger partial charge in [0.1, 0.15) is 0 Å². The number of rotatable bonds is 9. The summed E-state index contributed by atoms with van der Waals surface area (Å²) in [5.74, 6) is 0.823. The van der Waals surface area contributed by atoms with E-state index in [2.05, 4.69) is 56.9 Å². The summed E-state index contributed by atoms with van der Waals surface area (Å²) >= 11 is 0. The van der Waals surface area contributed by atoms with E-state index in [9.17, 15) is 0 Å². The first kappa shape index (κ1) is 17.9. The molecule has 3 nitrogen and oxygen atoms in total. The topological polar surface area (TPSA) is 18.5 Å². The number of hydrogen-bond donors (Lipinski definition) is 1. The maximum absolute atomic E-state index is 3.75. The first-order valence-electron chi connectivity index (χ1n) is 8.51. The maximum atomic E-state index is 3.75. The summed E-state index contributed by atoms with van der Waals surface area (Å²) in [6.07, 6.45) is 4.03. The second-order valence-electron chi connectivity index (χ2n) is 7.37. The van der Waals surface area contributed by atoms with Crippen LogP contribution in [0, 0.1) is 11.3 Å². The molecule has 0 aromatic rings. The molecule has 0 spiro atoms. The zero-order chi connectivity index (χ0) is 15.2. The van der Waals surface area contributed by atoms with E-state index in [4.69, 9.17) is 0 Å². The van der Waals surface area contributed by atoms with Crippen molar-refractivity contribution >= 4 is 0 Å². The van der Waals surface area contributed by atoms with Crippen LogP contribution in [-0.4, -0.2) is 62.7 Å². The summed E-state index contributed by atoms with van der Waals surface area (Å²) in [4.78, 5) is 4.94. The lowest BCUT2D eigenvalue weighted by atomic mass is 9.84. The van der Waals surface area contributed by atoms with Gasteiger partial charge in [0.2, 0.25) is 0 Å². The van der Waals surface area contributed by atoms with Crippen LogP contribution in [0.15, 0.2) is 0 Å². The molecule has 1 rings (SSSR count). The largest absolute Gasteiger partial charge is 0.313 e. The maximum Gasteiger partial charge on any atom is 0.0159 e. The first-order valence-corrected chi connectivity index (χ1v) is 8.51. The van der Waals surface area contributed by atoms with E-state index < -0.39 is 0 Å². The van der Waals surface area contributed by atoms with Crippen LogP contribution in [0.1, 0.15) is 47.0 Å². The Hall–Kier alpha value is -0.120. The van der Waals surface area contributed by atoms with Crippen LogP contribution in [0.5, 0.6) is 0 Å². The molecule has 1 saturated carbocycles. The van der Waals surface area contributed by atoms with Crippen molar-refractivity contribution in [2.75, 3.05) is 46.8 Å². The average Bonchev–Trinajstić information content (AvgIpc) is 2.65. The molecule has 120 valence electrons. The van der Waals surface area contributed by atoms with Crippen molar-refractivity contribution in [3.63, 3.8) is 0 Å². The van der Waals surface area contributed by atoms with Gasteiger partial charge in [-0.05, 0) is 70.9 Å². The van der Waals surface area contributed by atoms with Gasteiger partial charge in [-0.2, -0.15) is 0 Å². The van der Waals surface area contributed by atoms with Gasteiger partial charge in [-0.1, -0.05) is 27.7 Å². The molecule has 0 saturated heterocycles. The normalized spacial score (nSPS) is 25.8. The molecule has 1 fully saturated rings. The van der Waals surface area contributed by atoms with Crippen molar-refractivity contribution < 1.29 is 0 Å². The van der Waals surface area contributed by atoms with Crippen LogP contribution in [0.4, 0.5) is 0 Å². The Kier molecular flexibility index (Phi) is 7.49. The molecule has 0 aromatic heterocycles. The molecule has 20 heavy (non-hydrogen) atoms. The van der Waals surface area contributed by atoms with Gasteiger partial charge in [-0.15, -0.1) is 0 Å². The van der Waals surface area contributed by atoms with Crippen molar-refractivity contribution in [1.29, 1.82) is 0 Å². The van der Waals surface area contributed by atoms with Gasteiger partial charge in [-0.3, -0.25) is 0 Å². The van der Waals surface area contributed by atoms with Gasteiger partial charge in [0.25, 0.3) is 0 Å². The standard InChI is InChI=1S/C17H37N3/c1-7-18-16-15(10-11-17(16,3)4)14-20(8-2)13-9-12-19(5)6/h15-16,18H,7-14H2,1-6H3. The van der Waals surface area contributed by atoms with Gasteiger partial charge in [0.15, 0.2) is 0 Å². The molecule has 2 unspecified atom stereocenters. The molecule has 1 N–H and O–H groups in total. The highest BCUT2D eigenvalue weighted by atomic mass is 15.1. The third kappa shape index (κ3) is 5.34. The Morgan fingerprint density at radius 2 is 1.85 bits per heavy atom. The van der Waals surface area contributed by atoms with Crippen LogP contribution in [-0.2, 0) is 0 Å². The molecule has 0 aliphatic heterocycles. The third-order valence-electron chi connectivity index (χ3n) is 4.92. The molecule has 0 heterocycles. The SMILES string of the molecule is CCNC1C(CN(CC)CCCN(C)C)CCC1(C)C. The fourth-order valence-electron chi connectivity index (χ4n) is 3.70. The number of nitrogens with zero attached hydrogens (tertiary/aromatic N) is 2. The van der Waals surface area contributed by atoms with E-state index in [0.29, 0.717) is 11.5 Å². The van der Waals surface area contributed by atoms with Crippen molar-refractivity contribution in [2.24, 2.45) is 11.3 Å². The summed E-state index contributed by atoms with van der Waals surface area (Å²) < 4.78 is 0. The monoisotopic (exact) mass is 283 g/mol. The lowest BCUT2D eigenvalue weighted by Gasteiger charge is -2.34. The van der Waals surface area contributed by atoms with Crippen LogP contribution in [0.25, 0.3) is 0 Å². The lowest BCUT2D eigenvalue weighted by Crippen LogP contribution is -2.46. The van der Waals surface area contributed by atoms with Gasteiger partial charge in [0.05, 0.1) is 0 Å². The van der Waals surface area contributed by atoms with Crippen LogP contribution < -0.4 is 5.32 Å². The highest BCUT2D eigenvalue weighted by Gasteiger charge is 2.41. The molecule has 1 aliphatic rings. The predicted octanol–water partition coefficient (Wildman–Crippen LogP) is 2.67. The van der Waals surface area contributed by atoms with Crippen LogP contribution in [0.2, 0.25) is 0 Å². The van der Waals surface area contributed by atoms with Gasteiger partial charge in [0, 0.05) is 12.6 Å². The minimum atomic E-state index is 0.462. The molecule has 0 aromatic carbocycles. The van der Waals surface area contributed by atoms with E-state index >= 15 is 0 Å². The summed E-state index contributed by atoms with van der Waals surface area (Å²) in [5, 5.41) is 3.75. The summed E-state index contributed by atoms with van der Waals surface area (Å²) in [6.45, 7) is 15.4. The van der Waals surface area contributed by atoms with Gasteiger partial charge >= 0.3 is 0 Å². The van der Waals surface area contributed by atoms with E-state index in [1.807, 2.05) is 0 Å². The Bertz CT molecular complexity index is 263. The van der Waals surface area contributed by atoms with E-state index in [1.165, 1.54) is 45.4 Å². The molecule has 3 heteroatoms. The zero-order valence-corrected chi connectivity index (χ0v) is 14.7. The van der Waals surface area contributed by atoms with Crippen LogP contribution >= 0.6 is 0 Å². The van der Waals surface area contributed by atoms with E-state index in [0.717, 1.165) is 12.5 Å². The Morgan fingerprint density at radius 1 is 1.15 bits per heavy atom. The Labute approximate surface area is 127 Å². The predicted molar refractivity (Wildman–Crippen MR) is 89.3 cm³/mol. The third-order valence-corrected chi connectivity index (χ3v) is 4.92. The second-order valence-corrected chi connectivity index (χ2v) is 7.37. The second kappa shape index (κ2) is 8.35. The van der Waals surface area contributed by atoms with Gasteiger partial charge < -0.3 is 15.1 Å². The minimum absolute atomic E-state index is 0.462. The molecule has 2 atom stereocenters. The molecule has 0 bridgehead atoms. The average molecular weight is 284 g/mol.